The minimum absolute atomic E-state index is 0.236. The Morgan fingerprint density at radius 1 is 1.00 bits per heavy atom. The van der Waals surface area contributed by atoms with Crippen molar-refractivity contribution in [2.24, 2.45) is 0 Å². The van der Waals surface area contributed by atoms with Gasteiger partial charge < -0.3 is 4.90 Å². The molecule has 28 heavy (non-hydrogen) atoms. The molecule has 0 atom stereocenters. The third-order valence-electron chi connectivity index (χ3n) is 4.77. The van der Waals surface area contributed by atoms with Crippen molar-refractivity contribution in [2.75, 3.05) is 37.9 Å². The van der Waals surface area contributed by atoms with Crippen LogP contribution in [0, 0.1) is 13.8 Å². The van der Waals surface area contributed by atoms with Gasteiger partial charge in [-0.3, -0.25) is 14.9 Å². The normalized spacial score (nSPS) is 16.0. The fraction of sp³-hybridized carbons (Fsp3) is 0.350. The number of sulfonamides is 1. The fourth-order valence-corrected chi connectivity index (χ4v) is 4.44. The Morgan fingerprint density at radius 3 is 2.43 bits per heavy atom. The lowest BCUT2D eigenvalue weighted by Crippen LogP contribution is -2.52. The molecule has 150 valence electrons. The van der Waals surface area contributed by atoms with E-state index >= 15 is 0 Å². The molecular formula is C20H26N4O3S. The van der Waals surface area contributed by atoms with Crippen LogP contribution in [0.4, 0.5) is 5.69 Å². The first-order valence-corrected chi connectivity index (χ1v) is 10.7. The minimum atomic E-state index is -3.74. The van der Waals surface area contributed by atoms with E-state index in [4.69, 9.17) is 0 Å². The highest BCUT2D eigenvalue weighted by molar-refractivity contribution is 7.92. The van der Waals surface area contributed by atoms with Crippen molar-refractivity contribution in [3.05, 3.63) is 59.2 Å². The van der Waals surface area contributed by atoms with Gasteiger partial charge in [0.1, 0.15) is 0 Å². The van der Waals surface area contributed by atoms with Gasteiger partial charge in [0.05, 0.1) is 4.90 Å². The molecule has 0 saturated carbocycles. The van der Waals surface area contributed by atoms with Crippen LogP contribution in [0.15, 0.2) is 47.4 Å². The van der Waals surface area contributed by atoms with Gasteiger partial charge in [0.25, 0.3) is 15.9 Å². The van der Waals surface area contributed by atoms with Crippen LogP contribution in [0.5, 0.6) is 0 Å². The Balaban J connectivity index is 1.74. The summed E-state index contributed by atoms with van der Waals surface area (Å²) >= 11 is 0. The van der Waals surface area contributed by atoms with E-state index in [1.807, 2.05) is 25.0 Å². The van der Waals surface area contributed by atoms with E-state index in [1.165, 1.54) is 0 Å². The van der Waals surface area contributed by atoms with Crippen LogP contribution in [-0.2, 0) is 10.0 Å². The number of likely N-dealkylation sites (N-methyl/N-ethyl adjacent to an activating group) is 1. The maximum absolute atomic E-state index is 12.8. The average molecular weight is 403 g/mol. The quantitative estimate of drug-likeness (QED) is 0.799. The number of benzene rings is 2. The van der Waals surface area contributed by atoms with E-state index in [1.54, 1.807) is 43.3 Å². The van der Waals surface area contributed by atoms with Gasteiger partial charge in [0.2, 0.25) is 0 Å². The fourth-order valence-electron chi connectivity index (χ4n) is 3.06. The Hall–Kier alpha value is -2.42. The van der Waals surface area contributed by atoms with Crippen LogP contribution >= 0.6 is 0 Å². The van der Waals surface area contributed by atoms with Crippen LogP contribution in [0.3, 0.4) is 0 Å². The summed E-state index contributed by atoms with van der Waals surface area (Å²) in [6.07, 6.45) is 0. The zero-order valence-corrected chi connectivity index (χ0v) is 17.2. The summed E-state index contributed by atoms with van der Waals surface area (Å²) in [5.41, 5.74) is 5.18. The van der Waals surface area contributed by atoms with Crippen molar-refractivity contribution in [2.45, 2.75) is 18.7 Å². The first-order chi connectivity index (χ1) is 13.2. The van der Waals surface area contributed by atoms with Crippen molar-refractivity contribution in [1.29, 1.82) is 0 Å². The number of rotatable bonds is 5. The van der Waals surface area contributed by atoms with E-state index in [2.05, 4.69) is 15.0 Å². The van der Waals surface area contributed by atoms with Crippen molar-refractivity contribution < 1.29 is 13.2 Å². The topological polar surface area (TPSA) is 81.7 Å². The van der Waals surface area contributed by atoms with Crippen LogP contribution in [0.1, 0.15) is 21.5 Å². The molecule has 0 aliphatic carbocycles. The number of amides is 1. The maximum atomic E-state index is 12.8. The van der Waals surface area contributed by atoms with Gasteiger partial charge in [0.15, 0.2) is 0 Å². The number of carbonyl (C=O) groups is 1. The molecule has 1 aliphatic heterocycles. The highest BCUT2D eigenvalue weighted by atomic mass is 32.2. The van der Waals surface area contributed by atoms with Crippen molar-refractivity contribution >= 4 is 21.6 Å². The predicted molar refractivity (Wildman–Crippen MR) is 110 cm³/mol. The van der Waals surface area contributed by atoms with Gasteiger partial charge in [-0.05, 0) is 56.3 Å². The molecular weight excluding hydrogens is 376 g/mol. The van der Waals surface area contributed by atoms with E-state index in [-0.39, 0.29) is 10.8 Å². The van der Waals surface area contributed by atoms with Crippen LogP contribution in [-0.4, -0.2) is 57.5 Å². The number of nitrogens with one attached hydrogen (secondary N) is 2. The second-order valence-electron chi connectivity index (χ2n) is 7.19. The molecule has 0 unspecified atom stereocenters. The first kappa shape index (κ1) is 20.3. The summed E-state index contributed by atoms with van der Waals surface area (Å²) in [7, 11) is -1.69. The van der Waals surface area contributed by atoms with Crippen molar-refractivity contribution in [1.82, 2.24) is 15.3 Å². The predicted octanol–water partition coefficient (Wildman–Crippen LogP) is 2.00. The Bertz CT molecular complexity index is 967. The van der Waals surface area contributed by atoms with Gasteiger partial charge in [-0.15, -0.1) is 0 Å². The molecule has 3 rings (SSSR count). The van der Waals surface area contributed by atoms with Crippen LogP contribution < -0.4 is 10.1 Å². The number of piperazine rings is 1. The van der Waals surface area contributed by atoms with E-state index in [9.17, 15) is 13.2 Å². The van der Waals surface area contributed by atoms with Gasteiger partial charge >= 0.3 is 0 Å². The third kappa shape index (κ3) is 4.89. The summed E-state index contributed by atoms with van der Waals surface area (Å²) in [5.74, 6) is -0.252. The summed E-state index contributed by atoms with van der Waals surface area (Å²) in [5, 5.41) is 1.88. The zero-order valence-electron chi connectivity index (χ0n) is 16.4. The number of hydrazine groups is 1. The highest BCUT2D eigenvalue weighted by Gasteiger charge is 2.19. The SMILES string of the molecule is Cc1ccc(C)c(S(=O)(=O)Nc2cccc(C(=O)NN3CCN(C)CC3)c2)c1. The van der Waals surface area contributed by atoms with Gasteiger partial charge in [-0.2, -0.15) is 0 Å². The second-order valence-corrected chi connectivity index (χ2v) is 8.84. The number of carbonyl (C=O) groups excluding carboxylic acids is 1. The molecule has 1 saturated heterocycles. The van der Waals surface area contributed by atoms with Gasteiger partial charge in [-0.1, -0.05) is 18.2 Å². The molecule has 0 bridgehead atoms. The first-order valence-electron chi connectivity index (χ1n) is 9.19. The van der Waals surface area contributed by atoms with E-state index in [0.717, 1.165) is 31.7 Å². The summed E-state index contributed by atoms with van der Waals surface area (Å²) in [6, 6.07) is 11.8. The monoisotopic (exact) mass is 402 g/mol. The van der Waals surface area contributed by atoms with E-state index in [0.29, 0.717) is 16.8 Å². The van der Waals surface area contributed by atoms with Gasteiger partial charge in [0, 0.05) is 37.4 Å². The standard InChI is InChI=1S/C20H26N4O3S/c1-15-7-8-16(2)19(13-15)28(26,27)22-18-6-4-5-17(14-18)20(25)21-24-11-9-23(3)10-12-24/h4-8,13-14,22H,9-12H2,1-3H3,(H,21,25). The van der Waals surface area contributed by atoms with Crippen molar-refractivity contribution in [3.63, 3.8) is 0 Å². The van der Waals surface area contributed by atoms with E-state index < -0.39 is 10.0 Å². The zero-order chi connectivity index (χ0) is 20.3. The molecule has 0 aromatic heterocycles. The minimum Gasteiger partial charge on any atom is -0.304 e. The third-order valence-corrected chi connectivity index (χ3v) is 6.30. The maximum Gasteiger partial charge on any atom is 0.265 e. The molecule has 1 heterocycles. The largest absolute Gasteiger partial charge is 0.304 e. The molecule has 1 aliphatic rings. The number of nitrogens with zero attached hydrogens (tertiary/aromatic N) is 2. The van der Waals surface area contributed by atoms with Crippen molar-refractivity contribution in [3.8, 4) is 0 Å². The summed E-state index contributed by atoms with van der Waals surface area (Å²) in [6.45, 7) is 6.88. The molecule has 1 amide bonds. The Labute approximate surface area is 166 Å². The van der Waals surface area contributed by atoms with Crippen LogP contribution in [0.2, 0.25) is 0 Å². The highest BCUT2D eigenvalue weighted by Crippen LogP contribution is 2.21. The lowest BCUT2D eigenvalue weighted by Gasteiger charge is -2.32. The lowest BCUT2D eigenvalue weighted by atomic mass is 10.2. The number of hydrogen-bond acceptors (Lipinski definition) is 5. The molecule has 2 N–H and O–H groups in total. The molecule has 2 aromatic carbocycles. The molecule has 0 spiro atoms. The molecule has 2 aromatic rings. The molecule has 1 fully saturated rings. The average Bonchev–Trinajstić information content (AvgIpc) is 2.65. The Kier molecular flexibility index (Phi) is 6.02. The van der Waals surface area contributed by atoms with Crippen LogP contribution in [0.25, 0.3) is 0 Å². The molecule has 7 nitrogen and oxygen atoms in total. The molecule has 0 radical (unpaired) electrons. The number of anilines is 1. The summed E-state index contributed by atoms with van der Waals surface area (Å²) < 4.78 is 28.1. The Morgan fingerprint density at radius 2 is 1.71 bits per heavy atom. The summed E-state index contributed by atoms with van der Waals surface area (Å²) in [4.78, 5) is 15.0. The lowest BCUT2D eigenvalue weighted by molar-refractivity contribution is 0.0662. The van der Waals surface area contributed by atoms with Gasteiger partial charge in [-0.25, -0.2) is 13.4 Å². The number of aryl methyl sites for hydroxylation is 2. The smallest absolute Gasteiger partial charge is 0.265 e. The number of hydrogen-bond donors (Lipinski definition) is 2. The second kappa shape index (κ2) is 8.30. The molecule has 8 heteroatoms.